The van der Waals surface area contributed by atoms with Gasteiger partial charge in [0.15, 0.2) is 5.76 Å². The van der Waals surface area contributed by atoms with Crippen LogP contribution in [0, 0.1) is 27.7 Å². The van der Waals surface area contributed by atoms with Gasteiger partial charge in [-0.1, -0.05) is 12.1 Å². The molecular formula is C21H22N2O4S. The van der Waals surface area contributed by atoms with Crippen LogP contribution in [-0.2, 0) is 10.0 Å². The molecule has 0 aliphatic carbocycles. The summed E-state index contributed by atoms with van der Waals surface area (Å²) in [7, 11) is -3.79. The van der Waals surface area contributed by atoms with Crippen LogP contribution in [0.4, 0.5) is 11.4 Å². The van der Waals surface area contributed by atoms with Crippen molar-refractivity contribution >= 4 is 27.3 Å². The van der Waals surface area contributed by atoms with E-state index in [9.17, 15) is 13.2 Å². The van der Waals surface area contributed by atoms with Crippen LogP contribution in [0.3, 0.4) is 0 Å². The Morgan fingerprint density at radius 2 is 1.54 bits per heavy atom. The van der Waals surface area contributed by atoms with Gasteiger partial charge in [-0.3, -0.25) is 9.52 Å². The number of carbonyl (C=O) groups is 1. The van der Waals surface area contributed by atoms with E-state index in [0.717, 1.165) is 22.3 Å². The van der Waals surface area contributed by atoms with E-state index in [2.05, 4.69) is 10.0 Å². The zero-order chi connectivity index (χ0) is 20.5. The van der Waals surface area contributed by atoms with Crippen molar-refractivity contribution in [3.63, 3.8) is 0 Å². The molecule has 1 amide bonds. The highest BCUT2D eigenvalue weighted by atomic mass is 32.2. The third-order valence-electron chi connectivity index (χ3n) is 4.68. The molecule has 1 heterocycles. The summed E-state index contributed by atoms with van der Waals surface area (Å²) in [6.07, 6.45) is 1.41. The quantitative estimate of drug-likeness (QED) is 0.659. The standard InChI is InChI=1S/C21H22N2O4S/c1-13-11-14(2)16(4)20(15(13)3)28(25,26)23-18-8-5-7-17(12-18)22-21(24)19-9-6-10-27-19/h5-12,23H,1-4H3,(H,22,24). The molecule has 0 radical (unpaired) electrons. The summed E-state index contributed by atoms with van der Waals surface area (Å²) in [5.41, 5.74) is 4.09. The van der Waals surface area contributed by atoms with E-state index in [1.807, 2.05) is 19.9 Å². The third kappa shape index (κ3) is 3.94. The predicted molar refractivity (Wildman–Crippen MR) is 109 cm³/mol. The van der Waals surface area contributed by atoms with Crippen molar-refractivity contribution in [2.45, 2.75) is 32.6 Å². The zero-order valence-electron chi connectivity index (χ0n) is 16.2. The van der Waals surface area contributed by atoms with Crippen molar-refractivity contribution in [3.05, 3.63) is 76.7 Å². The summed E-state index contributed by atoms with van der Waals surface area (Å²) in [4.78, 5) is 12.4. The molecule has 0 saturated heterocycles. The molecule has 0 bridgehead atoms. The molecule has 2 N–H and O–H groups in total. The molecule has 7 heteroatoms. The Morgan fingerprint density at radius 1 is 0.893 bits per heavy atom. The van der Waals surface area contributed by atoms with Gasteiger partial charge in [0.05, 0.1) is 16.8 Å². The third-order valence-corrected chi connectivity index (χ3v) is 6.34. The van der Waals surface area contributed by atoms with Crippen LogP contribution in [-0.4, -0.2) is 14.3 Å². The Hall–Kier alpha value is -3.06. The van der Waals surface area contributed by atoms with Gasteiger partial charge in [0, 0.05) is 5.69 Å². The fourth-order valence-corrected chi connectivity index (χ4v) is 4.72. The number of anilines is 2. The second kappa shape index (κ2) is 7.52. The van der Waals surface area contributed by atoms with Gasteiger partial charge in [-0.15, -0.1) is 0 Å². The minimum Gasteiger partial charge on any atom is -0.459 e. The Labute approximate surface area is 164 Å². The van der Waals surface area contributed by atoms with Gasteiger partial charge in [0.2, 0.25) is 0 Å². The SMILES string of the molecule is Cc1cc(C)c(C)c(S(=O)(=O)Nc2cccc(NC(=O)c3ccco3)c2)c1C. The van der Waals surface area contributed by atoms with E-state index in [-0.39, 0.29) is 10.7 Å². The fraction of sp³-hybridized carbons (Fsp3) is 0.190. The zero-order valence-corrected chi connectivity index (χ0v) is 17.0. The molecule has 0 aliphatic heterocycles. The molecule has 1 aromatic heterocycles. The van der Waals surface area contributed by atoms with Crippen LogP contribution in [0.2, 0.25) is 0 Å². The lowest BCUT2D eigenvalue weighted by atomic mass is 10.0. The number of carbonyl (C=O) groups excluding carboxylic acids is 1. The first-order chi connectivity index (χ1) is 13.2. The fourth-order valence-electron chi connectivity index (χ4n) is 3.05. The van der Waals surface area contributed by atoms with Crippen LogP contribution in [0.5, 0.6) is 0 Å². The molecule has 3 aromatic rings. The predicted octanol–water partition coefficient (Wildman–Crippen LogP) is 4.57. The highest BCUT2D eigenvalue weighted by Crippen LogP contribution is 2.28. The highest BCUT2D eigenvalue weighted by molar-refractivity contribution is 7.92. The van der Waals surface area contributed by atoms with Crippen molar-refractivity contribution in [2.24, 2.45) is 0 Å². The molecule has 6 nitrogen and oxygen atoms in total. The first-order valence-electron chi connectivity index (χ1n) is 8.74. The number of hydrogen-bond donors (Lipinski definition) is 2. The second-order valence-electron chi connectivity index (χ2n) is 6.71. The minimum atomic E-state index is -3.79. The first kappa shape index (κ1) is 19.7. The van der Waals surface area contributed by atoms with Gasteiger partial charge in [-0.05, 0) is 80.3 Å². The second-order valence-corrected chi connectivity index (χ2v) is 8.33. The maximum absolute atomic E-state index is 13.1. The van der Waals surface area contributed by atoms with Crippen molar-refractivity contribution in [1.29, 1.82) is 0 Å². The number of rotatable bonds is 5. The highest BCUT2D eigenvalue weighted by Gasteiger charge is 2.22. The summed E-state index contributed by atoms with van der Waals surface area (Å²) in [6, 6.07) is 11.7. The molecule has 0 aliphatic rings. The number of sulfonamides is 1. The van der Waals surface area contributed by atoms with E-state index in [1.54, 1.807) is 50.2 Å². The van der Waals surface area contributed by atoms with Gasteiger partial charge in [-0.2, -0.15) is 0 Å². The summed E-state index contributed by atoms with van der Waals surface area (Å²) < 4.78 is 33.8. The van der Waals surface area contributed by atoms with E-state index in [4.69, 9.17) is 4.42 Å². The smallest absolute Gasteiger partial charge is 0.291 e. The lowest BCUT2D eigenvalue weighted by Gasteiger charge is -2.17. The van der Waals surface area contributed by atoms with Gasteiger partial charge in [0.1, 0.15) is 0 Å². The van der Waals surface area contributed by atoms with Gasteiger partial charge in [-0.25, -0.2) is 8.42 Å². The van der Waals surface area contributed by atoms with Crippen LogP contribution >= 0.6 is 0 Å². The Balaban J connectivity index is 1.89. The van der Waals surface area contributed by atoms with Gasteiger partial charge < -0.3 is 9.73 Å². The number of nitrogens with one attached hydrogen (secondary N) is 2. The Bertz CT molecular complexity index is 1110. The average Bonchev–Trinajstić information content (AvgIpc) is 3.14. The maximum atomic E-state index is 13.1. The van der Waals surface area contributed by atoms with Crippen molar-refractivity contribution < 1.29 is 17.6 Å². The van der Waals surface area contributed by atoms with Gasteiger partial charge >= 0.3 is 0 Å². The molecule has 0 unspecified atom stereocenters. The summed E-state index contributed by atoms with van der Waals surface area (Å²) in [6.45, 7) is 7.39. The summed E-state index contributed by atoms with van der Waals surface area (Å²) >= 11 is 0. The maximum Gasteiger partial charge on any atom is 0.291 e. The Kier molecular flexibility index (Phi) is 5.29. The number of benzene rings is 2. The lowest BCUT2D eigenvalue weighted by Crippen LogP contribution is -2.17. The molecule has 28 heavy (non-hydrogen) atoms. The van der Waals surface area contributed by atoms with Crippen LogP contribution in [0.1, 0.15) is 32.8 Å². The van der Waals surface area contributed by atoms with E-state index >= 15 is 0 Å². The van der Waals surface area contributed by atoms with Crippen molar-refractivity contribution in [3.8, 4) is 0 Å². The van der Waals surface area contributed by atoms with Crippen LogP contribution < -0.4 is 10.0 Å². The number of aryl methyl sites for hydroxylation is 2. The van der Waals surface area contributed by atoms with Crippen molar-refractivity contribution in [2.75, 3.05) is 10.0 Å². The topological polar surface area (TPSA) is 88.4 Å². The number of furan rings is 1. The molecule has 0 atom stereocenters. The molecule has 0 spiro atoms. The van der Waals surface area contributed by atoms with E-state index in [1.165, 1.54) is 6.26 Å². The normalized spacial score (nSPS) is 11.3. The van der Waals surface area contributed by atoms with Gasteiger partial charge in [0.25, 0.3) is 15.9 Å². The monoisotopic (exact) mass is 398 g/mol. The summed E-state index contributed by atoms with van der Waals surface area (Å²) in [5, 5.41) is 2.68. The number of hydrogen-bond acceptors (Lipinski definition) is 4. The van der Waals surface area contributed by atoms with Crippen LogP contribution in [0.15, 0.2) is 58.0 Å². The first-order valence-corrected chi connectivity index (χ1v) is 10.2. The van der Waals surface area contributed by atoms with E-state index in [0.29, 0.717) is 11.4 Å². The largest absolute Gasteiger partial charge is 0.459 e. The Morgan fingerprint density at radius 3 is 2.14 bits per heavy atom. The molecule has 0 saturated carbocycles. The molecule has 3 rings (SSSR count). The molecule has 146 valence electrons. The van der Waals surface area contributed by atoms with Crippen LogP contribution in [0.25, 0.3) is 0 Å². The molecular weight excluding hydrogens is 376 g/mol. The minimum absolute atomic E-state index is 0.174. The number of amides is 1. The average molecular weight is 398 g/mol. The van der Waals surface area contributed by atoms with E-state index < -0.39 is 15.9 Å². The molecule has 2 aromatic carbocycles. The lowest BCUT2D eigenvalue weighted by molar-refractivity contribution is 0.0996. The summed E-state index contributed by atoms with van der Waals surface area (Å²) in [5.74, 6) is -0.238. The van der Waals surface area contributed by atoms with Crippen molar-refractivity contribution in [1.82, 2.24) is 0 Å². The molecule has 0 fully saturated rings.